The summed E-state index contributed by atoms with van der Waals surface area (Å²) in [4.78, 5) is 12.5. The lowest BCUT2D eigenvalue weighted by atomic mass is 10.1. The Kier molecular flexibility index (Phi) is 4.42. The molecule has 0 bridgehead atoms. The molecule has 5 heteroatoms. The van der Waals surface area contributed by atoms with Crippen molar-refractivity contribution in [3.8, 4) is 5.69 Å². The number of amides is 1. The number of benzene rings is 2. The van der Waals surface area contributed by atoms with E-state index < -0.39 is 0 Å². The Morgan fingerprint density at radius 3 is 2.38 bits per heavy atom. The minimum atomic E-state index is -0.220. The highest BCUT2D eigenvalue weighted by Crippen LogP contribution is 2.16. The second-order valence-corrected chi connectivity index (χ2v) is 5.88. The molecule has 0 radical (unpaired) electrons. The Hall–Kier alpha value is -2.95. The van der Waals surface area contributed by atoms with E-state index in [1.54, 1.807) is 4.68 Å². The van der Waals surface area contributed by atoms with Gasteiger partial charge in [0.05, 0.1) is 17.4 Å². The molecule has 2 aromatic carbocycles. The van der Waals surface area contributed by atoms with E-state index in [0.717, 1.165) is 16.9 Å². The zero-order chi connectivity index (χ0) is 17.1. The summed E-state index contributed by atoms with van der Waals surface area (Å²) in [5, 5.41) is 11.1. The molecule has 3 aromatic rings. The van der Waals surface area contributed by atoms with Gasteiger partial charge < -0.3 is 5.32 Å². The predicted molar refractivity (Wildman–Crippen MR) is 93.2 cm³/mol. The standard InChI is InChI=1S/C19H20N4O/c1-13-9-11-16(12-10-13)14(2)20-19(24)18-15(3)23(22-21-18)17-7-5-4-6-8-17/h4-12,14H,1-3H3,(H,20,24)/t14-/m0/s1. The van der Waals surface area contributed by atoms with Gasteiger partial charge in [0, 0.05) is 0 Å². The SMILES string of the molecule is Cc1ccc([C@H](C)NC(=O)c2nnn(-c3ccccc3)c2C)cc1. The lowest BCUT2D eigenvalue weighted by Crippen LogP contribution is -2.27. The van der Waals surface area contributed by atoms with Crippen molar-refractivity contribution in [2.75, 3.05) is 0 Å². The minimum Gasteiger partial charge on any atom is -0.344 e. The Bertz CT molecular complexity index is 838. The zero-order valence-electron chi connectivity index (χ0n) is 14.0. The number of rotatable bonds is 4. The van der Waals surface area contributed by atoms with Crippen molar-refractivity contribution in [1.29, 1.82) is 0 Å². The largest absolute Gasteiger partial charge is 0.344 e. The quantitative estimate of drug-likeness (QED) is 0.802. The smallest absolute Gasteiger partial charge is 0.274 e. The highest BCUT2D eigenvalue weighted by atomic mass is 16.2. The molecule has 1 amide bonds. The summed E-state index contributed by atoms with van der Waals surface area (Å²) in [6, 6.07) is 17.7. The Labute approximate surface area is 141 Å². The third-order valence-electron chi connectivity index (χ3n) is 4.04. The molecule has 0 aliphatic carbocycles. The average Bonchev–Trinajstić information content (AvgIpc) is 2.98. The van der Waals surface area contributed by atoms with Crippen LogP contribution in [-0.2, 0) is 0 Å². The molecule has 122 valence electrons. The fraction of sp³-hybridized carbons (Fsp3) is 0.211. The second-order valence-electron chi connectivity index (χ2n) is 5.88. The molecule has 1 N–H and O–H groups in total. The first-order chi connectivity index (χ1) is 11.6. The Balaban J connectivity index is 1.78. The summed E-state index contributed by atoms with van der Waals surface area (Å²) < 4.78 is 1.67. The van der Waals surface area contributed by atoms with Crippen LogP contribution in [0.1, 0.15) is 40.3 Å². The molecule has 1 aromatic heterocycles. The van der Waals surface area contributed by atoms with E-state index in [1.807, 2.05) is 75.4 Å². The van der Waals surface area contributed by atoms with Crippen molar-refractivity contribution in [3.05, 3.63) is 77.1 Å². The molecule has 0 saturated carbocycles. The van der Waals surface area contributed by atoms with Crippen LogP contribution in [0, 0.1) is 13.8 Å². The number of aromatic nitrogens is 3. The second kappa shape index (κ2) is 6.66. The van der Waals surface area contributed by atoms with Gasteiger partial charge in [-0.2, -0.15) is 0 Å². The average molecular weight is 320 g/mol. The van der Waals surface area contributed by atoms with Crippen molar-refractivity contribution in [1.82, 2.24) is 20.3 Å². The van der Waals surface area contributed by atoms with E-state index in [1.165, 1.54) is 5.56 Å². The van der Waals surface area contributed by atoms with Crippen molar-refractivity contribution < 1.29 is 4.79 Å². The Morgan fingerprint density at radius 1 is 1.04 bits per heavy atom. The van der Waals surface area contributed by atoms with Crippen LogP contribution in [0.4, 0.5) is 0 Å². The van der Waals surface area contributed by atoms with Gasteiger partial charge in [-0.3, -0.25) is 4.79 Å². The maximum absolute atomic E-state index is 12.5. The summed E-state index contributed by atoms with van der Waals surface area (Å²) in [6.45, 7) is 5.84. The topological polar surface area (TPSA) is 59.8 Å². The van der Waals surface area contributed by atoms with E-state index in [-0.39, 0.29) is 11.9 Å². The number of para-hydroxylation sites is 1. The van der Waals surface area contributed by atoms with Gasteiger partial charge in [0.2, 0.25) is 0 Å². The summed E-state index contributed by atoms with van der Waals surface area (Å²) in [5.41, 5.74) is 4.20. The van der Waals surface area contributed by atoms with Crippen LogP contribution in [0.5, 0.6) is 0 Å². The van der Waals surface area contributed by atoms with Crippen molar-refractivity contribution in [2.45, 2.75) is 26.8 Å². The summed E-state index contributed by atoms with van der Waals surface area (Å²) in [5.74, 6) is -0.220. The van der Waals surface area contributed by atoms with Gasteiger partial charge in [-0.15, -0.1) is 5.10 Å². The van der Waals surface area contributed by atoms with Gasteiger partial charge in [0.25, 0.3) is 5.91 Å². The van der Waals surface area contributed by atoms with Gasteiger partial charge in [-0.25, -0.2) is 4.68 Å². The zero-order valence-corrected chi connectivity index (χ0v) is 14.0. The van der Waals surface area contributed by atoms with Gasteiger partial charge >= 0.3 is 0 Å². The molecule has 1 atom stereocenters. The first-order valence-electron chi connectivity index (χ1n) is 7.91. The van der Waals surface area contributed by atoms with Gasteiger partial charge in [0.15, 0.2) is 5.69 Å². The van der Waals surface area contributed by atoms with Crippen LogP contribution in [0.2, 0.25) is 0 Å². The first kappa shape index (κ1) is 15.9. The lowest BCUT2D eigenvalue weighted by molar-refractivity contribution is 0.0934. The van der Waals surface area contributed by atoms with Crippen molar-refractivity contribution in [3.63, 3.8) is 0 Å². The van der Waals surface area contributed by atoms with E-state index in [9.17, 15) is 4.79 Å². The summed E-state index contributed by atoms with van der Waals surface area (Å²) >= 11 is 0. The summed E-state index contributed by atoms with van der Waals surface area (Å²) in [6.07, 6.45) is 0. The molecule has 0 unspecified atom stereocenters. The molecule has 0 aliphatic heterocycles. The fourth-order valence-electron chi connectivity index (χ4n) is 2.56. The van der Waals surface area contributed by atoms with E-state index in [0.29, 0.717) is 5.69 Å². The molecule has 0 fully saturated rings. The van der Waals surface area contributed by atoms with E-state index in [4.69, 9.17) is 0 Å². The minimum absolute atomic E-state index is 0.0978. The molecular formula is C19H20N4O. The predicted octanol–water partition coefficient (Wildman–Crippen LogP) is 3.38. The Morgan fingerprint density at radius 2 is 1.71 bits per heavy atom. The monoisotopic (exact) mass is 320 g/mol. The van der Waals surface area contributed by atoms with Gasteiger partial charge in [-0.05, 0) is 38.5 Å². The number of nitrogens with zero attached hydrogens (tertiary/aromatic N) is 3. The van der Waals surface area contributed by atoms with Crippen molar-refractivity contribution in [2.24, 2.45) is 0 Å². The van der Waals surface area contributed by atoms with Gasteiger partial charge in [-0.1, -0.05) is 53.2 Å². The van der Waals surface area contributed by atoms with Crippen LogP contribution < -0.4 is 5.32 Å². The molecule has 24 heavy (non-hydrogen) atoms. The maximum Gasteiger partial charge on any atom is 0.274 e. The van der Waals surface area contributed by atoms with Crippen LogP contribution in [0.25, 0.3) is 5.69 Å². The highest BCUT2D eigenvalue weighted by Gasteiger charge is 2.19. The molecule has 0 aliphatic rings. The number of hydrogen-bond donors (Lipinski definition) is 1. The molecule has 0 spiro atoms. The molecular weight excluding hydrogens is 300 g/mol. The number of hydrogen-bond acceptors (Lipinski definition) is 3. The third kappa shape index (κ3) is 3.20. The number of aryl methyl sites for hydroxylation is 1. The van der Waals surface area contributed by atoms with Crippen molar-refractivity contribution >= 4 is 5.91 Å². The number of carbonyl (C=O) groups excluding carboxylic acids is 1. The maximum atomic E-state index is 12.5. The molecule has 3 rings (SSSR count). The van der Waals surface area contributed by atoms with Crippen LogP contribution in [0.15, 0.2) is 54.6 Å². The number of nitrogens with one attached hydrogen (secondary N) is 1. The molecule has 1 heterocycles. The fourth-order valence-corrected chi connectivity index (χ4v) is 2.56. The lowest BCUT2D eigenvalue weighted by Gasteiger charge is -2.14. The molecule has 5 nitrogen and oxygen atoms in total. The summed E-state index contributed by atoms with van der Waals surface area (Å²) in [7, 11) is 0. The normalized spacial score (nSPS) is 12.0. The van der Waals surface area contributed by atoms with E-state index >= 15 is 0 Å². The van der Waals surface area contributed by atoms with E-state index in [2.05, 4.69) is 15.6 Å². The molecule has 0 saturated heterocycles. The van der Waals surface area contributed by atoms with Crippen LogP contribution in [0.3, 0.4) is 0 Å². The van der Waals surface area contributed by atoms with Crippen LogP contribution >= 0.6 is 0 Å². The van der Waals surface area contributed by atoms with Crippen LogP contribution in [-0.4, -0.2) is 20.9 Å². The highest BCUT2D eigenvalue weighted by molar-refractivity contribution is 5.93. The first-order valence-corrected chi connectivity index (χ1v) is 7.91. The number of carbonyl (C=O) groups is 1. The van der Waals surface area contributed by atoms with Gasteiger partial charge in [0.1, 0.15) is 0 Å². The third-order valence-corrected chi connectivity index (χ3v) is 4.04.